The summed E-state index contributed by atoms with van der Waals surface area (Å²) in [4.78, 5) is 13.9. The molecule has 2 N–H and O–H groups in total. The van der Waals surface area contributed by atoms with E-state index in [9.17, 15) is 0 Å². The normalized spacial score (nSPS) is 11.4. The number of rotatable bonds is 0. The zero-order chi connectivity index (χ0) is 11.3. The number of nitrogens with two attached hydrogens (primary N) is 1. The lowest BCUT2D eigenvalue weighted by molar-refractivity contribution is 1.30. The number of hydrogen-bond acceptors (Lipinski definition) is 5. The average Bonchev–Trinajstić information content (AvgIpc) is 2.56. The highest BCUT2D eigenvalue weighted by atomic mass is 32.1. The molecule has 2 heterocycles. The number of fused-ring (bicyclic) bond motifs is 2. The Hall–Kier alpha value is -1.75. The lowest BCUT2D eigenvalue weighted by Crippen LogP contribution is -1.89. The number of benzene rings is 1. The highest BCUT2D eigenvalue weighted by Crippen LogP contribution is 2.24. The van der Waals surface area contributed by atoms with Crippen LogP contribution in [0.15, 0.2) is 12.1 Å². The van der Waals surface area contributed by atoms with Crippen molar-refractivity contribution in [2.24, 2.45) is 0 Å². The van der Waals surface area contributed by atoms with E-state index in [2.05, 4.69) is 28.8 Å². The molecule has 5 heteroatoms. The van der Waals surface area contributed by atoms with Crippen LogP contribution in [0.4, 0.5) is 5.13 Å². The van der Waals surface area contributed by atoms with Crippen LogP contribution in [0.25, 0.3) is 21.5 Å². The fraction of sp³-hybridized carbons (Fsp3) is 0.182. The van der Waals surface area contributed by atoms with E-state index < -0.39 is 0 Å². The maximum Gasteiger partial charge on any atom is 0.192 e. The zero-order valence-corrected chi connectivity index (χ0v) is 9.80. The summed E-state index contributed by atoms with van der Waals surface area (Å²) in [6.45, 7) is 4.14. The average molecular weight is 230 g/mol. The molecule has 0 fully saturated rings. The molecule has 0 saturated carbocycles. The van der Waals surface area contributed by atoms with Crippen LogP contribution in [-0.2, 0) is 0 Å². The maximum absolute atomic E-state index is 5.64. The van der Waals surface area contributed by atoms with Gasteiger partial charge in [0.25, 0.3) is 0 Å². The lowest BCUT2D eigenvalue weighted by Gasteiger charge is -2.01. The molecule has 0 unspecified atom stereocenters. The van der Waals surface area contributed by atoms with Gasteiger partial charge in [-0.2, -0.15) is 4.98 Å². The molecule has 0 aliphatic rings. The summed E-state index contributed by atoms with van der Waals surface area (Å²) in [5.41, 5.74) is 10.5. The summed E-state index contributed by atoms with van der Waals surface area (Å²) in [5, 5.41) is 0.513. The van der Waals surface area contributed by atoms with Crippen molar-refractivity contribution in [1.82, 2.24) is 15.0 Å². The maximum atomic E-state index is 5.64. The van der Waals surface area contributed by atoms with Gasteiger partial charge in [0.15, 0.2) is 15.6 Å². The molecule has 0 amide bonds. The Morgan fingerprint density at radius 2 is 1.62 bits per heavy atom. The number of aromatic nitrogens is 3. The largest absolute Gasteiger partial charge is 0.375 e. The number of nitrogen functional groups attached to an aromatic ring is 1. The summed E-state index contributed by atoms with van der Waals surface area (Å²) in [6, 6.07) is 4.08. The SMILES string of the molecule is Cc1cc2nc3nc(N)sc3nc2cc1C. The number of nitrogens with zero attached hydrogens (tertiary/aromatic N) is 3. The van der Waals surface area contributed by atoms with Gasteiger partial charge in [0.05, 0.1) is 11.0 Å². The molecule has 2 aromatic heterocycles. The third-order valence-corrected chi connectivity index (χ3v) is 3.42. The van der Waals surface area contributed by atoms with Crippen molar-refractivity contribution in [2.75, 3.05) is 5.73 Å². The minimum Gasteiger partial charge on any atom is -0.375 e. The first kappa shape index (κ1) is 9.47. The molecule has 0 bridgehead atoms. The Balaban J connectivity index is 2.45. The number of anilines is 1. The third-order valence-electron chi connectivity index (χ3n) is 2.65. The Morgan fingerprint density at radius 3 is 2.31 bits per heavy atom. The smallest absolute Gasteiger partial charge is 0.192 e. The van der Waals surface area contributed by atoms with Gasteiger partial charge in [0, 0.05) is 0 Å². The minimum absolute atomic E-state index is 0.513. The molecule has 4 nitrogen and oxygen atoms in total. The second-order valence-electron chi connectivity index (χ2n) is 3.83. The first-order valence-electron chi connectivity index (χ1n) is 4.94. The fourth-order valence-electron chi connectivity index (χ4n) is 1.65. The third kappa shape index (κ3) is 1.32. The van der Waals surface area contributed by atoms with E-state index in [4.69, 9.17) is 5.73 Å². The highest BCUT2D eigenvalue weighted by Gasteiger charge is 2.07. The monoisotopic (exact) mass is 230 g/mol. The zero-order valence-electron chi connectivity index (χ0n) is 8.98. The van der Waals surface area contributed by atoms with Gasteiger partial charge in [-0.3, -0.25) is 0 Å². The van der Waals surface area contributed by atoms with E-state index in [1.54, 1.807) is 0 Å². The molecule has 80 valence electrons. The van der Waals surface area contributed by atoms with Crippen LogP contribution in [0.1, 0.15) is 11.1 Å². The quantitative estimate of drug-likeness (QED) is 0.644. The topological polar surface area (TPSA) is 64.7 Å². The Bertz CT molecular complexity index is 643. The van der Waals surface area contributed by atoms with Gasteiger partial charge >= 0.3 is 0 Å². The van der Waals surface area contributed by atoms with Crippen molar-refractivity contribution in [3.05, 3.63) is 23.3 Å². The standard InChI is InChI=1S/C11H10N4S/c1-5-3-7-8(4-6(5)2)14-10-9(13-7)15-11(12)16-10/h3-4H,1-2H3,(H2,12,13,15). The molecule has 0 saturated heterocycles. The van der Waals surface area contributed by atoms with Crippen LogP contribution in [-0.4, -0.2) is 15.0 Å². The van der Waals surface area contributed by atoms with Crippen molar-refractivity contribution >= 4 is 38.0 Å². The van der Waals surface area contributed by atoms with E-state index >= 15 is 0 Å². The minimum atomic E-state index is 0.513. The summed E-state index contributed by atoms with van der Waals surface area (Å²) in [7, 11) is 0. The first-order chi connectivity index (χ1) is 7.63. The first-order valence-corrected chi connectivity index (χ1v) is 5.76. The van der Waals surface area contributed by atoms with E-state index in [-0.39, 0.29) is 0 Å². The number of thiazole rings is 1. The van der Waals surface area contributed by atoms with Crippen molar-refractivity contribution in [3.63, 3.8) is 0 Å². The van der Waals surface area contributed by atoms with E-state index in [0.29, 0.717) is 10.8 Å². The number of aryl methyl sites for hydroxylation is 2. The van der Waals surface area contributed by atoms with Gasteiger partial charge in [0.2, 0.25) is 0 Å². The van der Waals surface area contributed by atoms with Crippen molar-refractivity contribution in [1.29, 1.82) is 0 Å². The van der Waals surface area contributed by atoms with Gasteiger partial charge in [-0.05, 0) is 37.1 Å². The second kappa shape index (κ2) is 3.12. The van der Waals surface area contributed by atoms with E-state index in [1.807, 2.05) is 12.1 Å². The molecule has 3 aromatic rings. The van der Waals surface area contributed by atoms with Gasteiger partial charge in [0.1, 0.15) is 0 Å². The van der Waals surface area contributed by atoms with Crippen LogP contribution in [0.5, 0.6) is 0 Å². The predicted molar refractivity (Wildman–Crippen MR) is 66.6 cm³/mol. The van der Waals surface area contributed by atoms with Gasteiger partial charge in [-0.15, -0.1) is 0 Å². The summed E-state index contributed by atoms with van der Waals surface area (Å²) < 4.78 is 0. The Morgan fingerprint density at radius 1 is 1.00 bits per heavy atom. The van der Waals surface area contributed by atoms with Crippen LogP contribution >= 0.6 is 11.3 Å². The van der Waals surface area contributed by atoms with Gasteiger partial charge in [-0.1, -0.05) is 11.3 Å². The Kier molecular flexibility index (Phi) is 1.85. The van der Waals surface area contributed by atoms with Crippen molar-refractivity contribution in [2.45, 2.75) is 13.8 Å². The van der Waals surface area contributed by atoms with E-state index in [1.165, 1.54) is 22.5 Å². The summed E-state index contributed by atoms with van der Waals surface area (Å²) in [5.74, 6) is 0. The van der Waals surface area contributed by atoms with Gasteiger partial charge < -0.3 is 5.73 Å². The Labute approximate surface area is 96.2 Å². The molecule has 16 heavy (non-hydrogen) atoms. The number of hydrogen-bond donors (Lipinski definition) is 1. The van der Waals surface area contributed by atoms with Crippen molar-refractivity contribution < 1.29 is 0 Å². The van der Waals surface area contributed by atoms with Crippen LogP contribution in [0.3, 0.4) is 0 Å². The predicted octanol–water partition coefficient (Wildman–Crippen LogP) is 2.44. The molecule has 1 aromatic carbocycles. The molecule has 3 rings (SSSR count). The molecule has 0 spiro atoms. The van der Waals surface area contributed by atoms with Gasteiger partial charge in [-0.25, -0.2) is 9.97 Å². The summed E-state index contributed by atoms with van der Waals surface area (Å²) >= 11 is 1.37. The molecular weight excluding hydrogens is 220 g/mol. The fourth-order valence-corrected chi connectivity index (χ4v) is 2.31. The van der Waals surface area contributed by atoms with Crippen LogP contribution < -0.4 is 5.73 Å². The summed E-state index contributed by atoms with van der Waals surface area (Å²) in [6.07, 6.45) is 0. The molecular formula is C11H10N4S. The lowest BCUT2D eigenvalue weighted by atomic mass is 10.1. The van der Waals surface area contributed by atoms with E-state index in [0.717, 1.165) is 15.9 Å². The molecule has 0 atom stereocenters. The highest BCUT2D eigenvalue weighted by molar-refractivity contribution is 7.21. The molecule has 0 aliphatic carbocycles. The molecule has 0 radical (unpaired) electrons. The van der Waals surface area contributed by atoms with Crippen LogP contribution in [0.2, 0.25) is 0 Å². The second-order valence-corrected chi connectivity index (χ2v) is 4.84. The van der Waals surface area contributed by atoms with Crippen molar-refractivity contribution in [3.8, 4) is 0 Å². The molecule has 0 aliphatic heterocycles. The van der Waals surface area contributed by atoms with Crippen LogP contribution in [0, 0.1) is 13.8 Å².